The van der Waals surface area contributed by atoms with Crippen molar-refractivity contribution in [2.45, 2.75) is 0 Å². The van der Waals surface area contributed by atoms with E-state index >= 15 is 0 Å². The van der Waals surface area contributed by atoms with Crippen molar-refractivity contribution in [1.29, 1.82) is 31.6 Å². The molecule has 0 aliphatic carbocycles. The van der Waals surface area contributed by atoms with Crippen molar-refractivity contribution in [1.82, 2.24) is 0 Å². The van der Waals surface area contributed by atoms with E-state index in [9.17, 15) is 0 Å². The van der Waals surface area contributed by atoms with Gasteiger partial charge in [0.05, 0.1) is 0 Å². The van der Waals surface area contributed by atoms with Crippen LogP contribution >= 0.6 is 0 Å². The summed E-state index contributed by atoms with van der Waals surface area (Å²) in [4.78, 5) is 0. The Bertz CT molecular complexity index is 109. The molecule has 6 nitrogen and oxygen atoms in total. The van der Waals surface area contributed by atoms with Gasteiger partial charge in [0.1, 0.15) is 0 Å². The third-order valence-corrected chi connectivity index (χ3v) is 0. The maximum absolute atomic E-state index is 6.50. The van der Waals surface area contributed by atoms with Gasteiger partial charge in [-0.05, 0) is 0 Å². The molecule has 0 aliphatic heterocycles. The topological polar surface area (TPSA) is 143 Å². The van der Waals surface area contributed by atoms with Gasteiger partial charge < -0.3 is 0 Å². The SMILES string of the molecule is C#N.C#N.C#N.C#N.C#N.C#N.[Fe].[KH].[KH].[KH].[NaH]. The minimum atomic E-state index is 0. The van der Waals surface area contributed by atoms with Crippen LogP contribution in [0.5, 0.6) is 0 Å². The van der Waals surface area contributed by atoms with Crippen LogP contribution in [-0.4, -0.2) is 184 Å². The van der Waals surface area contributed by atoms with E-state index in [1.807, 2.05) is 0 Å². The Morgan fingerprint density at radius 3 is 0.353 bits per heavy atom. The molecule has 76 valence electrons. The molecule has 0 saturated carbocycles. The molecule has 0 aromatic heterocycles. The minimum absolute atomic E-state index is 0. The molecule has 0 amide bonds. The second-order valence-electron chi connectivity index (χ2n) is 0. The van der Waals surface area contributed by atoms with E-state index in [2.05, 4.69) is 39.4 Å². The van der Waals surface area contributed by atoms with Crippen molar-refractivity contribution in [3.8, 4) is 39.4 Å². The molecule has 0 unspecified atom stereocenters. The van der Waals surface area contributed by atoms with E-state index in [0.29, 0.717) is 0 Å². The molecule has 0 radical (unpaired) electrons. The van der Waals surface area contributed by atoms with E-state index in [4.69, 9.17) is 31.6 Å². The van der Waals surface area contributed by atoms with Crippen molar-refractivity contribution in [2.75, 3.05) is 0 Å². The van der Waals surface area contributed by atoms with Crippen molar-refractivity contribution in [2.24, 2.45) is 0 Å². The van der Waals surface area contributed by atoms with Crippen LogP contribution in [0.2, 0.25) is 0 Å². The fraction of sp³-hybridized carbons (Fsp3) is 0. The molecule has 17 heavy (non-hydrogen) atoms. The first kappa shape index (κ1) is 87.1. The number of nitriles is 6. The Kier molecular flexibility index (Phi) is 2950. The quantitative estimate of drug-likeness (QED) is 0.467. The first-order valence-corrected chi connectivity index (χ1v) is 1.55. The van der Waals surface area contributed by atoms with Gasteiger partial charge in [0, 0.05) is 56.5 Å². The summed E-state index contributed by atoms with van der Waals surface area (Å²) >= 11 is 0. The Hall–Kier alpha value is 3.37. The first-order valence-electron chi connectivity index (χ1n) is 1.55. The van der Waals surface area contributed by atoms with E-state index in [0.717, 1.165) is 0 Å². The van der Waals surface area contributed by atoms with Gasteiger partial charge in [-0.1, -0.05) is 0 Å². The van der Waals surface area contributed by atoms with Crippen LogP contribution < -0.4 is 0 Å². The molecular weight excluding hydrogens is 352 g/mol. The van der Waals surface area contributed by atoms with Gasteiger partial charge in [0.2, 0.25) is 0 Å². The van der Waals surface area contributed by atoms with Gasteiger partial charge in [-0.25, -0.2) is 31.6 Å². The summed E-state index contributed by atoms with van der Waals surface area (Å²) in [6, 6.07) is 0. The molecule has 11 heteroatoms. The Labute approximate surface area is 264 Å². The summed E-state index contributed by atoms with van der Waals surface area (Å²) < 4.78 is 0. The van der Waals surface area contributed by atoms with Crippen LogP contribution in [0.25, 0.3) is 0 Å². The summed E-state index contributed by atoms with van der Waals surface area (Å²) in [6.45, 7) is 21.0. The van der Waals surface area contributed by atoms with Crippen molar-refractivity contribution in [3.63, 3.8) is 0 Å². The number of hydrogen-bond acceptors (Lipinski definition) is 6. The van der Waals surface area contributed by atoms with E-state index in [-0.39, 0.29) is 201 Å². The van der Waals surface area contributed by atoms with Crippen molar-refractivity contribution >= 4 is 184 Å². The van der Waals surface area contributed by atoms with Crippen molar-refractivity contribution in [3.05, 3.63) is 0 Å². The third-order valence-electron chi connectivity index (χ3n) is 0. The van der Waals surface area contributed by atoms with Crippen LogP contribution in [-0.2, 0) is 17.1 Å². The van der Waals surface area contributed by atoms with E-state index < -0.39 is 0 Å². The van der Waals surface area contributed by atoms with Crippen LogP contribution in [0.1, 0.15) is 0 Å². The summed E-state index contributed by atoms with van der Waals surface area (Å²) in [5.41, 5.74) is 0. The monoisotopic (exact) mass is 362 g/mol. The van der Waals surface area contributed by atoms with Gasteiger partial charge in [0.15, 0.2) is 0 Å². The third kappa shape index (κ3) is 515. The van der Waals surface area contributed by atoms with Gasteiger partial charge >= 0.3 is 184 Å². The van der Waals surface area contributed by atoms with Gasteiger partial charge in [0.25, 0.3) is 0 Å². The Morgan fingerprint density at radius 2 is 0.353 bits per heavy atom. The molecule has 0 bridgehead atoms. The zero-order valence-corrected chi connectivity index (χ0v) is 7.61. The van der Waals surface area contributed by atoms with E-state index in [1.165, 1.54) is 0 Å². The van der Waals surface area contributed by atoms with Crippen molar-refractivity contribution < 1.29 is 17.1 Å². The number of nitrogens with zero attached hydrogens (tertiary/aromatic N) is 6. The average Bonchev–Trinajstić information content (AvgIpc) is 2.33. The Balaban J connectivity index is -0.00000000267. The predicted octanol–water partition coefficient (Wildman–Crippen LogP) is -1.76. The summed E-state index contributed by atoms with van der Waals surface area (Å²) in [5.74, 6) is 0. The van der Waals surface area contributed by atoms with Gasteiger partial charge in [-0.2, -0.15) is 0 Å². The summed E-state index contributed by atoms with van der Waals surface area (Å²) in [7, 11) is 0. The molecule has 0 fully saturated rings. The van der Waals surface area contributed by atoms with Crippen LogP contribution in [0.3, 0.4) is 0 Å². The van der Waals surface area contributed by atoms with Gasteiger partial charge in [-0.3, -0.25) is 0 Å². The molecular formula is C6H10FeK3N6Na. The molecule has 0 aromatic carbocycles. The zero-order valence-electron chi connectivity index (χ0n) is 6.50. The number of hydrogen-bond donors (Lipinski definition) is 0. The fourth-order valence-corrected chi connectivity index (χ4v) is 0. The first-order chi connectivity index (χ1) is 6.00. The second-order valence-corrected chi connectivity index (χ2v) is 0. The molecule has 0 aromatic rings. The molecule has 0 N–H and O–H groups in total. The summed E-state index contributed by atoms with van der Waals surface area (Å²) in [5, 5.41) is 39.0. The molecule has 0 rings (SSSR count). The molecule has 0 saturated heterocycles. The van der Waals surface area contributed by atoms with Crippen LogP contribution in [0.4, 0.5) is 0 Å². The fourth-order valence-electron chi connectivity index (χ4n) is 0. The maximum atomic E-state index is 6.50. The average molecular weight is 362 g/mol. The summed E-state index contributed by atoms with van der Waals surface area (Å²) in [6.07, 6.45) is 0. The normalized spacial score (nSPS) is 0.706. The second kappa shape index (κ2) is 576. The molecule has 0 aliphatic rings. The zero-order chi connectivity index (χ0) is 12.0. The van der Waals surface area contributed by atoms with Gasteiger partial charge in [-0.15, -0.1) is 0 Å². The standard InChI is InChI=1S/6CHN.Fe.3K.Na.4H/c6*1-2;;;;;;;;;/h6*1H;;;;;;;;;. The molecule has 0 spiro atoms. The predicted molar refractivity (Wildman–Crippen MR) is 68.6 cm³/mol. The Morgan fingerprint density at radius 1 is 0.353 bits per heavy atom. The van der Waals surface area contributed by atoms with Crippen LogP contribution in [0, 0.1) is 71.0 Å². The van der Waals surface area contributed by atoms with E-state index in [1.54, 1.807) is 0 Å². The number of rotatable bonds is 0. The van der Waals surface area contributed by atoms with Crippen LogP contribution in [0.15, 0.2) is 0 Å². The molecule has 0 atom stereocenters. The molecule has 0 heterocycles.